The molecule has 2 aromatic heterocycles. The van der Waals surface area contributed by atoms with E-state index in [1.165, 1.54) is 28.8 Å². The normalized spacial score (nSPS) is 16.1. The predicted octanol–water partition coefficient (Wildman–Crippen LogP) is 3.24. The topological polar surface area (TPSA) is 171 Å². The van der Waals surface area contributed by atoms with E-state index in [1.807, 2.05) is 12.1 Å². The van der Waals surface area contributed by atoms with Gasteiger partial charge in [0.15, 0.2) is 17.3 Å². The molecule has 13 heteroatoms. The fourth-order valence-electron chi connectivity index (χ4n) is 4.75. The number of nitriles is 1. The molecule has 0 spiro atoms. The number of benzene rings is 2. The van der Waals surface area contributed by atoms with Crippen LogP contribution in [0.25, 0.3) is 16.9 Å². The zero-order valence-electron chi connectivity index (χ0n) is 20.1. The Hall–Kier alpha value is -4.83. The van der Waals surface area contributed by atoms with Gasteiger partial charge in [-0.15, -0.1) is 10.2 Å². The Labute approximate surface area is 215 Å². The molecule has 4 aromatic rings. The summed E-state index contributed by atoms with van der Waals surface area (Å²) in [5.41, 5.74) is 15.1. The second-order valence-electron chi connectivity index (χ2n) is 8.95. The maximum absolute atomic E-state index is 15.0. The van der Waals surface area contributed by atoms with Gasteiger partial charge in [0.05, 0.1) is 11.3 Å². The van der Waals surface area contributed by atoms with E-state index in [-0.39, 0.29) is 40.9 Å². The van der Waals surface area contributed by atoms with E-state index in [2.05, 4.69) is 30.2 Å². The Kier molecular flexibility index (Phi) is 6.71. The summed E-state index contributed by atoms with van der Waals surface area (Å²) in [4.78, 5) is 10.9. The van der Waals surface area contributed by atoms with Crippen LogP contribution in [0.4, 0.5) is 14.7 Å². The molecule has 0 bridgehead atoms. The summed E-state index contributed by atoms with van der Waals surface area (Å²) >= 11 is 0. The lowest BCUT2D eigenvalue weighted by molar-refractivity contribution is 0.324. The van der Waals surface area contributed by atoms with E-state index in [9.17, 15) is 8.78 Å². The zero-order valence-corrected chi connectivity index (χ0v) is 20.1. The number of fused-ring (bicyclic) bond motifs is 1. The lowest BCUT2D eigenvalue weighted by Crippen LogP contribution is -2.23. The van der Waals surface area contributed by atoms with Crippen LogP contribution >= 0.6 is 0 Å². The molecule has 1 unspecified atom stereocenters. The highest BCUT2D eigenvalue weighted by atomic mass is 19.1. The Morgan fingerprint density at radius 1 is 1.21 bits per heavy atom. The first kappa shape index (κ1) is 24.8. The maximum atomic E-state index is 15.0. The minimum atomic E-state index is -0.701. The third kappa shape index (κ3) is 4.64. The fourth-order valence-corrected chi connectivity index (χ4v) is 4.75. The molecule has 2 aromatic carbocycles. The van der Waals surface area contributed by atoms with Crippen LogP contribution in [0.15, 0.2) is 52.7 Å². The number of nitrogens with one attached hydrogen (secondary N) is 1. The van der Waals surface area contributed by atoms with Gasteiger partial charge in [-0.2, -0.15) is 14.9 Å². The van der Waals surface area contributed by atoms with Crippen molar-refractivity contribution in [3.63, 3.8) is 0 Å². The summed E-state index contributed by atoms with van der Waals surface area (Å²) in [5, 5.41) is 20.5. The standard InChI is InChI=1S/C25H23F2N11/c26-19-6-2-4-15(12-37-8-7-16(13-37)24(34-30)35-31)18(19)9-21-33-22-10-20(32-25(29)38(22)36-21)17-5-1-3-14(11-28)23(17)27/h1-6,10,16,30H,7-9,12-13,31H2,(H2,29,32)/b34-30?,35-24-. The third-order valence-corrected chi connectivity index (χ3v) is 6.62. The highest BCUT2D eigenvalue weighted by Gasteiger charge is 2.28. The fraction of sp³-hybridized carbons (Fsp3) is 0.240. The number of nitrogens with two attached hydrogens (primary N) is 2. The van der Waals surface area contributed by atoms with Crippen molar-refractivity contribution >= 4 is 17.4 Å². The number of rotatable bonds is 6. The van der Waals surface area contributed by atoms with Crippen molar-refractivity contribution in [1.29, 1.82) is 10.8 Å². The van der Waals surface area contributed by atoms with Gasteiger partial charge in [0.25, 0.3) is 0 Å². The van der Waals surface area contributed by atoms with E-state index in [0.717, 1.165) is 18.5 Å². The first-order chi connectivity index (χ1) is 18.4. The number of aromatic nitrogens is 4. The lowest BCUT2D eigenvalue weighted by atomic mass is 10.0. The Bertz CT molecular complexity index is 1610. The molecule has 1 fully saturated rings. The lowest BCUT2D eigenvalue weighted by Gasteiger charge is -2.18. The molecule has 5 N–H and O–H groups in total. The van der Waals surface area contributed by atoms with E-state index in [4.69, 9.17) is 22.4 Å². The van der Waals surface area contributed by atoms with E-state index < -0.39 is 5.82 Å². The van der Waals surface area contributed by atoms with Gasteiger partial charge in [-0.3, -0.25) is 4.90 Å². The van der Waals surface area contributed by atoms with E-state index >= 15 is 0 Å². The van der Waals surface area contributed by atoms with Crippen molar-refractivity contribution in [2.24, 2.45) is 22.0 Å². The van der Waals surface area contributed by atoms with Gasteiger partial charge in [-0.25, -0.2) is 24.3 Å². The first-order valence-corrected chi connectivity index (χ1v) is 11.8. The van der Waals surface area contributed by atoms with Crippen molar-refractivity contribution in [2.75, 3.05) is 18.8 Å². The van der Waals surface area contributed by atoms with Crippen molar-refractivity contribution in [1.82, 2.24) is 24.5 Å². The summed E-state index contributed by atoms with van der Waals surface area (Å²) in [5.74, 6) is 4.81. The van der Waals surface area contributed by atoms with Crippen LogP contribution in [0.5, 0.6) is 0 Å². The van der Waals surface area contributed by atoms with Crippen molar-refractivity contribution in [3.05, 3.63) is 76.6 Å². The number of likely N-dealkylation sites (tertiary alicyclic amines) is 1. The molecule has 5 rings (SSSR count). The molecule has 0 amide bonds. The highest BCUT2D eigenvalue weighted by molar-refractivity contribution is 5.84. The quantitative estimate of drug-likeness (QED) is 0.116. The van der Waals surface area contributed by atoms with Gasteiger partial charge in [-0.05, 0) is 42.3 Å². The van der Waals surface area contributed by atoms with E-state index in [1.54, 1.807) is 12.1 Å². The van der Waals surface area contributed by atoms with E-state index in [0.29, 0.717) is 36.0 Å². The predicted molar refractivity (Wildman–Crippen MR) is 135 cm³/mol. The SMILES string of the molecule is N#Cc1cccc(-c2cc3nc(Cc4c(F)cccc4CN4CCC(/C(N=N)=N/N)C4)nn3c(N)n2)c1F. The molecule has 0 radical (unpaired) electrons. The summed E-state index contributed by atoms with van der Waals surface area (Å²) in [6.45, 7) is 1.82. The van der Waals surface area contributed by atoms with Gasteiger partial charge >= 0.3 is 0 Å². The molecule has 1 aliphatic heterocycles. The highest BCUT2D eigenvalue weighted by Crippen LogP contribution is 2.27. The van der Waals surface area contributed by atoms with Crippen LogP contribution in [-0.2, 0) is 13.0 Å². The van der Waals surface area contributed by atoms with Crippen molar-refractivity contribution in [2.45, 2.75) is 19.4 Å². The molecule has 11 nitrogen and oxygen atoms in total. The van der Waals surface area contributed by atoms with Crippen LogP contribution in [0.3, 0.4) is 0 Å². The molecule has 192 valence electrons. The number of hydrogen-bond acceptors (Lipinski definition) is 9. The Morgan fingerprint density at radius 3 is 2.79 bits per heavy atom. The maximum Gasteiger partial charge on any atom is 0.223 e. The number of hydrazone groups is 1. The number of halogens is 2. The number of nitrogen functional groups attached to an aromatic ring is 1. The molecule has 1 atom stereocenters. The molecular weight excluding hydrogens is 492 g/mol. The van der Waals surface area contributed by atoms with Gasteiger partial charge in [0.2, 0.25) is 5.95 Å². The first-order valence-electron chi connectivity index (χ1n) is 11.8. The second kappa shape index (κ2) is 10.3. The van der Waals surface area contributed by atoms with Crippen LogP contribution in [0.2, 0.25) is 0 Å². The Balaban J connectivity index is 1.43. The molecule has 38 heavy (non-hydrogen) atoms. The summed E-state index contributed by atoms with van der Waals surface area (Å²) in [6.07, 6.45) is 0.856. The van der Waals surface area contributed by atoms with Crippen molar-refractivity contribution < 1.29 is 8.78 Å². The average Bonchev–Trinajstić information content (AvgIpc) is 3.54. The van der Waals surface area contributed by atoms with Crippen molar-refractivity contribution in [3.8, 4) is 17.3 Å². The molecule has 1 aliphatic rings. The Morgan fingerprint density at radius 2 is 2.03 bits per heavy atom. The molecule has 1 saturated heterocycles. The third-order valence-electron chi connectivity index (χ3n) is 6.62. The smallest absolute Gasteiger partial charge is 0.223 e. The summed E-state index contributed by atoms with van der Waals surface area (Å²) in [6, 6.07) is 12.7. The summed E-state index contributed by atoms with van der Waals surface area (Å²) < 4.78 is 31.0. The minimum absolute atomic E-state index is 0.0212. The molecule has 0 aliphatic carbocycles. The minimum Gasteiger partial charge on any atom is -0.368 e. The molecule has 0 saturated carbocycles. The number of nitrogens with zero attached hydrogens (tertiary/aromatic N) is 8. The largest absolute Gasteiger partial charge is 0.368 e. The number of anilines is 1. The van der Waals surface area contributed by atoms with Gasteiger partial charge in [-0.1, -0.05) is 18.2 Å². The summed E-state index contributed by atoms with van der Waals surface area (Å²) in [7, 11) is 0. The molecule has 3 heterocycles. The zero-order chi connectivity index (χ0) is 26.8. The van der Waals surface area contributed by atoms with Gasteiger partial charge in [0.1, 0.15) is 17.7 Å². The number of hydrogen-bond donors (Lipinski definition) is 3. The van der Waals surface area contributed by atoms with Crippen LogP contribution in [0, 0.1) is 34.4 Å². The monoisotopic (exact) mass is 515 g/mol. The van der Waals surface area contributed by atoms with Crippen LogP contribution in [-0.4, -0.2) is 43.4 Å². The van der Waals surface area contributed by atoms with Crippen LogP contribution in [0.1, 0.15) is 28.9 Å². The average molecular weight is 516 g/mol. The molecular formula is C25H23F2N11. The number of amidine groups is 1. The second-order valence-corrected chi connectivity index (χ2v) is 8.95. The van der Waals surface area contributed by atoms with Gasteiger partial charge in [0, 0.05) is 37.1 Å². The van der Waals surface area contributed by atoms with Crippen LogP contribution < -0.4 is 11.6 Å². The van der Waals surface area contributed by atoms with Gasteiger partial charge < -0.3 is 11.6 Å².